The second-order valence-electron chi connectivity index (χ2n) is 6.01. The molecule has 0 saturated carbocycles. The van der Waals surface area contributed by atoms with E-state index in [9.17, 15) is 17.6 Å². The Morgan fingerprint density at radius 2 is 2.07 bits per heavy atom. The molecule has 29 heavy (non-hydrogen) atoms. The summed E-state index contributed by atoms with van der Waals surface area (Å²) in [6, 6.07) is 6.86. The number of benzene rings is 1. The number of aromatic nitrogens is 3. The first-order valence-corrected chi connectivity index (χ1v) is 10.1. The first-order chi connectivity index (χ1) is 13.7. The van der Waals surface area contributed by atoms with E-state index >= 15 is 0 Å². The molecule has 1 aromatic carbocycles. The molecule has 0 spiro atoms. The molecule has 0 bridgehead atoms. The highest BCUT2D eigenvalue weighted by molar-refractivity contribution is 7.93. The van der Waals surface area contributed by atoms with Crippen LogP contribution in [0.5, 0.6) is 5.88 Å². The molecule has 2 heterocycles. The second kappa shape index (κ2) is 7.84. The molecule has 0 aliphatic heterocycles. The van der Waals surface area contributed by atoms with Crippen LogP contribution in [0, 0.1) is 0 Å². The summed E-state index contributed by atoms with van der Waals surface area (Å²) >= 11 is 6.14. The number of anilines is 1. The van der Waals surface area contributed by atoms with Gasteiger partial charge in [0.2, 0.25) is 11.8 Å². The summed E-state index contributed by atoms with van der Waals surface area (Å²) < 4.78 is 47.8. The number of amides is 1. The van der Waals surface area contributed by atoms with Crippen LogP contribution in [0.2, 0.25) is 0 Å². The number of halogens is 2. The molecule has 12 heteroatoms. The lowest BCUT2D eigenvalue weighted by atomic mass is 10.2. The molecule has 0 fully saturated rings. The number of ether oxygens (including phenoxy) is 1. The molecule has 0 aliphatic carbocycles. The number of rotatable bonds is 7. The van der Waals surface area contributed by atoms with Crippen molar-refractivity contribution in [3.05, 3.63) is 48.3 Å². The maximum absolute atomic E-state index is 14.1. The molecular weight excluding hydrogens is 425 g/mol. The van der Waals surface area contributed by atoms with Gasteiger partial charge in [0, 0.05) is 6.07 Å². The Labute approximate surface area is 170 Å². The Morgan fingerprint density at radius 3 is 2.69 bits per heavy atom. The van der Waals surface area contributed by atoms with Crippen LogP contribution < -0.4 is 14.8 Å². The third-order valence-corrected chi connectivity index (χ3v) is 6.56. The van der Waals surface area contributed by atoms with Crippen LogP contribution in [-0.4, -0.2) is 47.7 Å². The normalized spacial score (nSPS) is 13.8. The van der Waals surface area contributed by atoms with Crippen molar-refractivity contribution in [1.29, 1.82) is 0 Å². The predicted molar refractivity (Wildman–Crippen MR) is 104 cm³/mol. The Balaban J connectivity index is 2.22. The molecule has 9 nitrogen and oxygen atoms in total. The number of fused-ring (bicyclic) bond motifs is 1. The quantitative estimate of drug-likeness (QED) is 0.442. The third kappa shape index (κ3) is 3.83. The molecule has 1 amide bonds. The van der Waals surface area contributed by atoms with Crippen LogP contribution >= 0.6 is 11.6 Å². The van der Waals surface area contributed by atoms with Crippen LogP contribution in [0.4, 0.5) is 10.1 Å². The van der Waals surface area contributed by atoms with Gasteiger partial charge in [-0.05, 0) is 19.1 Å². The average Bonchev–Trinajstić information content (AvgIpc) is 3.10. The van der Waals surface area contributed by atoms with Crippen LogP contribution in [0.25, 0.3) is 5.65 Å². The van der Waals surface area contributed by atoms with Crippen LogP contribution in [0.1, 0.15) is 17.3 Å². The molecule has 2 atom stereocenters. The van der Waals surface area contributed by atoms with Crippen molar-refractivity contribution in [2.24, 2.45) is 5.73 Å². The number of nitrogens with zero attached hydrogens (tertiary/aromatic N) is 4. The Hall–Kier alpha value is -2.92. The van der Waals surface area contributed by atoms with Crippen molar-refractivity contribution in [1.82, 2.24) is 14.6 Å². The average molecular weight is 442 g/mol. The number of hydrogen-bond donors (Lipinski definition) is 1. The fourth-order valence-corrected chi connectivity index (χ4v) is 4.80. The van der Waals surface area contributed by atoms with E-state index in [1.54, 1.807) is 0 Å². The summed E-state index contributed by atoms with van der Waals surface area (Å²) in [6.45, 7) is 1.11. The van der Waals surface area contributed by atoms with Crippen LogP contribution in [-0.2, 0) is 10.0 Å². The highest BCUT2D eigenvalue weighted by Crippen LogP contribution is 2.31. The van der Waals surface area contributed by atoms with Crippen molar-refractivity contribution in [2.75, 3.05) is 11.4 Å². The Kier molecular flexibility index (Phi) is 5.62. The lowest BCUT2D eigenvalue weighted by Crippen LogP contribution is -2.42. The van der Waals surface area contributed by atoms with Gasteiger partial charge in [-0.3, -0.25) is 4.79 Å². The molecule has 0 saturated heterocycles. The van der Waals surface area contributed by atoms with Crippen molar-refractivity contribution >= 4 is 38.9 Å². The third-order valence-electron chi connectivity index (χ3n) is 4.03. The maximum atomic E-state index is 14.1. The number of carbonyl (C=O) groups is 1. The molecule has 0 aliphatic rings. The van der Waals surface area contributed by atoms with Crippen molar-refractivity contribution < 1.29 is 22.3 Å². The molecule has 2 unspecified atom stereocenters. The first kappa shape index (κ1) is 20.8. The Morgan fingerprint density at radius 1 is 1.38 bits per heavy atom. The first-order valence-electron chi connectivity index (χ1n) is 8.27. The fourth-order valence-electron chi connectivity index (χ4n) is 2.66. The number of nitrogens with two attached hydrogens (primary N) is 1. The van der Waals surface area contributed by atoms with Gasteiger partial charge in [-0.1, -0.05) is 23.7 Å². The number of alkyl halides is 2. The summed E-state index contributed by atoms with van der Waals surface area (Å²) in [4.78, 5) is 15.4. The molecular formula is C17H17ClFN5O4S. The van der Waals surface area contributed by atoms with Gasteiger partial charge >= 0.3 is 0 Å². The summed E-state index contributed by atoms with van der Waals surface area (Å²) in [5.41, 5.74) is 3.75. The fraction of sp³-hybridized carbons (Fsp3) is 0.235. The number of hydrogen-bond acceptors (Lipinski definition) is 6. The van der Waals surface area contributed by atoms with E-state index in [1.807, 2.05) is 0 Å². The second-order valence-corrected chi connectivity index (χ2v) is 8.24. The topological polar surface area (TPSA) is 120 Å². The van der Waals surface area contributed by atoms with Crippen molar-refractivity contribution in [3.8, 4) is 5.88 Å². The summed E-state index contributed by atoms with van der Waals surface area (Å²) in [5, 5.41) is 4.08. The van der Waals surface area contributed by atoms with E-state index in [0.29, 0.717) is 9.95 Å². The van der Waals surface area contributed by atoms with Gasteiger partial charge in [0.05, 0.1) is 30.8 Å². The zero-order valence-corrected chi connectivity index (χ0v) is 16.9. The monoisotopic (exact) mass is 441 g/mol. The molecule has 2 aromatic heterocycles. The van der Waals surface area contributed by atoms with Crippen LogP contribution in [0.3, 0.4) is 0 Å². The molecule has 0 radical (unpaired) electrons. The lowest BCUT2D eigenvalue weighted by molar-refractivity contribution is 0.0997. The zero-order valence-electron chi connectivity index (χ0n) is 15.4. The maximum Gasteiger partial charge on any atom is 0.266 e. The number of carbonyl (C=O) groups excluding carboxylic acids is 1. The molecule has 154 valence electrons. The summed E-state index contributed by atoms with van der Waals surface area (Å²) in [5.74, 6) is -0.696. The predicted octanol–water partition coefficient (Wildman–Crippen LogP) is 1.95. The van der Waals surface area contributed by atoms with Gasteiger partial charge < -0.3 is 10.5 Å². The summed E-state index contributed by atoms with van der Waals surface area (Å²) in [6.07, 6.45) is 0.765. The lowest BCUT2D eigenvalue weighted by Gasteiger charge is -2.29. The SMILES string of the molecule is COc1cc2ncc(N(C(Cl)C(C)F)S(=O)(=O)c3ccccc3C(N)=O)cn2n1. The minimum Gasteiger partial charge on any atom is -0.480 e. The van der Waals surface area contributed by atoms with Crippen molar-refractivity contribution in [2.45, 2.75) is 23.5 Å². The van der Waals surface area contributed by atoms with E-state index in [4.69, 9.17) is 22.1 Å². The largest absolute Gasteiger partial charge is 0.480 e. The number of primary amides is 1. The van der Waals surface area contributed by atoms with E-state index < -0.39 is 32.5 Å². The highest BCUT2D eigenvalue weighted by atomic mass is 35.5. The minimum atomic E-state index is -4.49. The Bertz CT molecular complexity index is 1170. The summed E-state index contributed by atoms with van der Waals surface area (Å²) in [7, 11) is -3.08. The number of sulfonamides is 1. The standard InChI is InChI=1S/C17H17ClFN5O4S/c1-10(19)16(18)24(11-8-21-14-7-15(28-2)22-23(14)9-11)29(26,27)13-6-4-3-5-12(13)17(20)25/h3-10,16H,1-2H3,(H2,20,25). The van der Waals surface area contributed by atoms with Gasteiger partial charge in [0.25, 0.3) is 10.0 Å². The van der Waals surface area contributed by atoms with Gasteiger partial charge in [0.15, 0.2) is 5.65 Å². The molecule has 3 aromatic rings. The van der Waals surface area contributed by atoms with Gasteiger partial charge in [-0.15, -0.1) is 5.10 Å². The smallest absolute Gasteiger partial charge is 0.266 e. The highest BCUT2D eigenvalue weighted by Gasteiger charge is 2.36. The minimum absolute atomic E-state index is 0.0629. The van der Waals surface area contributed by atoms with Gasteiger partial charge in [0.1, 0.15) is 16.6 Å². The number of methoxy groups -OCH3 is 1. The van der Waals surface area contributed by atoms with Crippen molar-refractivity contribution in [3.63, 3.8) is 0 Å². The molecule has 3 rings (SSSR count). The van der Waals surface area contributed by atoms with Gasteiger partial charge in [-0.25, -0.2) is 26.6 Å². The molecule has 2 N–H and O–H groups in total. The van der Waals surface area contributed by atoms with Gasteiger partial charge in [-0.2, -0.15) is 0 Å². The zero-order chi connectivity index (χ0) is 21.3. The van der Waals surface area contributed by atoms with E-state index in [2.05, 4.69) is 10.1 Å². The van der Waals surface area contributed by atoms with E-state index in [0.717, 1.165) is 6.92 Å². The van der Waals surface area contributed by atoms with E-state index in [1.165, 1.54) is 54.4 Å². The van der Waals surface area contributed by atoms with E-state index in [-0.39, 0.29) is 17.1 Å². The van der Waals surface area contributed by atoms with Crippen LogP contribution in [0.15, 0.2) is 47.6 Å².